The van der Waals surface area contributed by atoms with E-state index >= 15 is 0 Å². The lowest BCUT2D eigenvalue weighted by Crippen LogP contribution is -2.19. The molecule has 0 saturated carbocycles. The van der Waals surface area contributed by atoms with Crippen LogP contribution in [0.1, 0.15) is 37.3 Å². The third-order valence-corrected chi connectivity index (χ3v) is 4.63. The Morgan fingerprint density at radius 3 is 2.84 bits per heavy atom. The largest absolute Gasteiger partial charge is 0.497 e. The summed E-state index contributed by atoms with van der Waals surface area (Å²) in [6.45, 7) is 2.18. The van der Waals surface area contributed by atoms with Crippen LogP contribution in [0.3, 0.4) is 0 Å². The maximum Gasteiger partial charge on any atom is 0.119 e. The number of benzene rings is 1. The molecular weight excluding hydrogens is 232 g/mol. The van der Waals surface area contributed by atoms with Crippen LogP contribution in [0.5, 0.6) is 5.75 Å². The van der Waals surface area contributed by atoms with E-state index in [0.29, 0.717) is 5.92 Å². The highest BCUT2D eigenvalue weighted by atomic mass is 16.5. The monoisotopic (exact) mass is 254 g/mol. The van der Waals surface area contributed by atoms with Gasteiger partial charge in [-0.1, -0.05) is 24.3 Å². The van der Waals surface area contributed by atoms with E-state index in [1.54, 1.807) is 12.7 Å². The second-order valence-corrected chi connectivity index (χ2v) is 5.58. The molecule has 2 atom stereocenters. The van der Waals surface area contributed by atoms with Crippen molar-refractivity contribution in [2.75, 3.05) is 7.11 Å². The van der Waals surface area contributed by atoms with Crippen molar-refractivity contribution < 1.29 is 4.74 Å². The zero-order valence-electron chi connectivity index (χ0n) is 11.9. The number of aryl methyl sites for hydroxylation is 1. The first-order valence-corrected chi connectivity index (χ1v) is 7.33. The summed E-state index contributed by atoms with van der Waals surface area (Å²) >= 11 is 0. The predicted octanol–water partition coefficient (Wildman–Crippen LogP) is 4.63. The molecule has 2 aliphatic carbocycles. The fourth-order valence-electron chi connectivity index (χ4n) is 3.66. The first kappa shape index (κ1) is 12.5. The lowest BCUT2D eigenvalue weighted by atomic mass is 9.73. The highest BCUT2D eigenvalue weighted by Crippen LogP contribution is 2.43. The number of methoxy groups -OCH3 is 1. The summed E-state index contributed by atoms with van der Waals surface area (Å²) in [6, 6.07) is 6.54. The Kier molecular flexibility index (Phi) is 3.46. The Labute approximate surface area is 116 Å². The van der Waals surface area contributed by atoms with Crippen molar-refractivity contribution in [1.82, 2.24) is 0 Å². The molecule has 19 heavy (non-hydrogen) atoms. The first-order chi connectivity index (χ1) is 9.33. The van der Waals surface area contributed by atoms with E-state index in [0.717, 1.165) is 11.7 Å². The molecule has 100 valence electrons. The van der Waals surface area contributed by atoms with Crippen molar-refractivity contribution in [2.24, 2.45) is 11.8 Å². The molecule has 0 saturated heterocycles. The second kappa shape index (κ2) is 5.24. The normalized spacial score (nSPS) is 27.6. The van der Waals surface area contributed by atoms with Gasteiger partial charge in [-0.15, -0.1) is 0 Å². The topological polar surface area (TPSA) is 9.23 Å². The maximum atomic E-state index is 5.35. The lowest BCUT2D eigenvalue weighted by Gasteiger charge is -2.32. The van der Waals surface area contributed by atoms with Gasteiger partial charge in [-0.3, -0.25) is 0 Å². The van der Waals surface area contributed by atoms with Crippen molar-refractivity contribution in [3.8, 4) is 5.75 Å². The average molecular weight is 254 g/mol. The fraction of sp³-hybridized carbons (Fsp3) is 0.444. The van der Waals surface area contributed by atoms with Crippen molar-refractivity contribution in [1.29, 1.82) is 0 Å². The Morgan fingerprint density at radius 2 is 2.16 bits per heavy atom. The SMILES string of the molecule is C/C=C1/c2ccc(OC)cc2CC[C@H]1[C@H]1C=CCC1. The van der Waals surface area contributed by atoms with Crippen LogP contribution in [-0.2, 0) is 6.42 Å². The Balaban J connectivity index is 1.96. The zero-order valence-corrected chi connectivity index (χ0v) is 11.9. The molecule has 3 rings (SSSR count). The van der Waals surface area contributed by atoms with Gasteiger partial charge in [0.05, 0.1) is 7.11 Å². The van der Waals surface area contributed by atoms with Crippen molar-refractivity contribution >= 4 is 5.57 Å². The summed E-state index contributed by atoms with van der Waals surface area (Å²) in [5.41, 5.74) is 4.44. The molecule has 1 nitrogen and oxygen atoms in total. The summed E-state index contributed by atoms with van der Waals surface area (Å²) in [4.78, 5) is 0. The molecule has 0 bridgehead atoms. The van der Waals surface area contributed by atoms with E-state index in [4.69, 9.17) is 4.74 Å². The fourth-order valence-corrected chi connectivity index (χ4v) is 3.66. The number of rotatable bonds is 2. The van der Waals surface area contributed by atoms with Crippen LogP contribution < -0.4 is 4.74 Å². The molecule has 1 heteroatoms. The molecule has 0 heterocycles. The highest BCUT2D eigenvalue weighted by Gasteiger charge is 2.29. The Hall–Kier alpha value is -1.50. The summed E-state index contributed by atoms with van der Waals surface area (Å²) in [7, 11) is 1.74. The van der Waals surface area contributed by atoms with Crippen LogP contribution in [-0.4, -0.2) is 7.11 Å². The summed E-state index contributed by atoms with van der Waals surface area (Å²) < 4.78 is 5.35. The van der Waals surface area contributed by atoms with Gasteiger partial charge in [0.25, 0.3) is 0 Å². The highest BCUT2D eigenvalue weighted by molar-refractivity contribution is 5.72. The molecule has 0 N–H and O–H groups in total. The summed E-state index contributed by atoms with van der Waals surface area (Å²) in [5, 5.41) is 0. The van der Waals surface area contributed by atoms with Crippen molar-refractivity contribution in [3.05, 3.63) is 47.6 Å². The van der Waals surface area contributed by atoms with E-state index in [1.165, 1.54) is 36.8 Å². The minimum Gasteiger partial charge on any atom is -0.497 e. The standard InChI is InChI=1S/C18H22O/c1-3-16-17(13-6-4-5-7-13)10-8-14-12-15(19-2)9-11-18(14)16/h3-4,6,9,11-13,17H,5,7-8,10H2,1-2H3/b16-3+/t13-,17-/m0/s1. The molecule has 1 aromatic rings. The number of fused-ring (bicyclic) bond motifs is 1. The van der Waals surface area contributed by atoms with E-state index in [2.05, 4.69) is 43.4 Å². The third-order valence-electron chi connectivity index (χ3n) is 4.63. The van der Waals surface area contributed by atoms with E-state index in [9.17, 15) is 0 Å². The quantitative estimate of drug-likeness (QED) is 0.699. The first-order valence-electron chi connectivity index (χ1n) is 7.33. The lowest BCUT2D eigenvalue weighted by molar-refractivity contribution is 0.411. The second-order valence-electron chi connectivity index (χ2n) is 5.58. The van der Waals surface area contributed by atoms with Gasteiger partial charge in [0.15, 0.2) is 0 Å². The number of hydrogen-bond donors (Lipinski definition) is 0. The number of allylic oxidation sites excluding steroid dienone is 4. The molecule has 0 aliphatic heterocycles. The average Bonchev–Trinajstić information content (AvgIpc) is 2.99. The van der Waals surface area contributed by atoms with Crippen LogP contribution in [0.15, 0.2) is 36.4 Å². The van der Waals surface area contributed by atoms with Gasteiger partial charge in [0, 0.05) is 0 Å². The van der Waals surface area contributed by atoms with Gasteiger partial charge in [0.2, 0.25) is 0 Å². The van der Waals surface area contributed by atoms with Crippen LogP contribution in [0, 0.1) is 11.8 Å². The predicted molar refractivity (Wildman–Crippen MR) is 80.3 cm³/mol. The molecule has 2 aliphatic rings. The van der Waals surface area contributed by atoms with Gasteiger partial charge in [0.1, 0.15) is 5.75 Å². The van der Waals surface area contributed by atoms with E-state index < -0.39 is 0 Å². The van der Waals surface area contributed by atoms with Crippen molar-refractivity contribution in [3.63, 3.8) is 0 Å². The van der Waals surface area contributed by atoms with E-state index in [1.807, 2.05) is 0 Å². The van der Waals surface area contributed by atoms with Crippen LogP contribution in [0.2, 0.25) is 0 Å². The van der Waals surface area contributed by atoms with Gasteiger partial charge in [-0.2, -0.15) is 0 Å². The van der Waals surface area contributed by atoms with Crippen LogP contribution in [0.4, 0.5) is 0 Å². The zero-order chi connectivity index (χ0) is 13.2. The Morgan fingerprint density at radius 1 is 1.26 bits per heavy atom. The van der Waals surface area contributed by atoms with Crippen LogP contribution >= 0.6 is 0 Å². The molecule has 0 spiro atoms. The minimum absolute atomic E-state index is 0.713. The van der Waals surface area contributed by atoms with Gasteiger partial charge in [-0.05, 0) is 73.3 Å². The molecule has 0 radical (unpaired) electrons. The third kappa shape index (κ3) is 2.22. The molecule has 0 amide bonds. The van der Waals surface area contributed by atoms with Gasteiger partial charge >= 0.3 is 0 Å². The molecule has 1 aromatic carbocycles. The molecule has 0 fully saturated rings. The van der Waals surface area contributed by atoms with Gasteiger partial charge < -0.3 is 4.74 Å². The molecule has 0 aromatic heterocycles. The van der Waals surface area contributed by atoms with E-state index in [-0.39, 0.29) is 0 Å². The summed E-state index contributed by atoms with van der Waals surface area (Å²) in [6.07, 6.45) is 12.1. The van der Waals surface area contributed by atoms with Gasteiger partial charge in [-0.25, -0.2) is 0 Å². The number of hydrogen-bond acceptors (Lipinski definition) is 1. The minimum atomic E-state index is 0.713. The van der Waals surface area contributed by atoms with Crippen molar-refractivity contribution in [2.45, 2.75) is 32.6 Å². The molecular formula is C18H22O. The number of ether oxygens (including phenoxy) is 1. The molecule has 0 unspecified atom stereocenters. The maximum absolute atomic E-state index is 5.35. The summed E-state index contributed by atoms with van der Waals surface area (Å²) in [5.74, 6) is 2.44. The van der Waals surface area contributed by atoms with Crippen LogP contribution in [0.25, 0.3) is 5.57 Å². The Bertz CT molecular complexity index is 524. The smallest absolute Gasteiger partial charge is 0.119 e.